The molecule has 5 rings (SSSR count). The van der Waals surface area contributed by atoms with Crippen molar-refractivity contribution in [1.29, 1.82) is 0 Å². The molecular weight excluding hydrogens is 518 g/mol. The molecule has 0 radical (unpaired) electrons. The van der Waals surface area contributed by atoms with Gasteiger partial charge in [-0.15, -0.1) is 0 Å². The Balaban J connectivity index is 1.51. The number of hydrogen-bond donors (Lipinski definition) is 0. The Morgan fingerprint density at radius 3 is 2.55 bits per heavy atom. The third-order valence-electron chi connectivity index (χ3n) is 6.27. The average molecular weight is 538 g/mol. The Bertz CT molecular complexity index is 1460. The van der Waals surface area contributed by atoms with Gasteiger partial charge in [0.15, 0.2) is 11.5 Å². The zero-order valence-corrected chi connectivity index (χ0v) is 20.7. The van der Waals surface area contributed by atoms with Gasteiger partial charge in [-0.25, -0.2) is 4.90 Å². The second kappa shape index (κ2) is 10.0. The van der Waals surface area contributed by atoms with Crippen LogP contribution in [0.3, 0.4) is 0 Å². The number of amides is 3. The molecule has 2 heterocycles. The second-order valence-electron chi connectivity index (χ2n) is 8.53. The van der Waals surface area contributed by atoms with Crippen molar-refractivity contribution < 1.29 is 33.5 Å². The van der Waals surface area contributed by atoms with Gasteiger partial charge in [-0.1, -0.05) is 17.7 Å². The van der Waals surface area contributed by atoms with Crippen LogP contribution in [0.5, 0.6) is 17.2 Å². The van der Waals surface area contributed by atoms with Gasteiger partial charge in [0, 0.05) is 18.2 Å². The highest BCUT2D eigenvalue weighted by molar-refractivity contribution is 6.32. The molecule has 1 saturated heterocycles. The van der Waals surface area contributed by atoms with E-state index in [2.05, 4.69) is 0 Å². The van der Waals surface area contributed by atoms with E-state index in [4.69, 9.17) is 25.8 Å². The summed E-state index contributed by atoms with van der Waals surface area (Å²) in [7, 11) is 1.50. The molecule has 2 aliphatic rings. The molecule has 3 amide bonds. The fourth-order valence-corrected chi connectivity index (χ4v) is 4.56. The van der Waals surface area contributed by atoms with Crippen molar-refractivity contribution in [3.63, 3.8) is 0 Å². The number of methoxy groups -OCH3 is 1. The number of nitro benzene ring substituents is 1. The number of nitro groups is 1. The number of carbonyl (C=O) groups is 3. The Kier molecular flexibility index (Phi) is 6.60. The number of benzene rings is 3. The van der Waals surface area contributed by atoms with E-state index in [1.807, 2.05) is 0 Å². The first-order valence-corrected chi connectivity index (χ1v) is 11.8. The number of ether oxygens (including phenoxy) is 3. The minimum Gasteiger partial charge on any atom is -0.497 e. The lowest BCUT2D eigenvalue weighted by Gasteiger charge is -2.28. The number of anilines is 1. The predicted molar refractivity (Wildman–Crippen MR) is 134 cm³/mol. The molecule has 11 nitrogen and oxygen atoms in total. The first kappa shape index (κ1) is 25.0. The van der Waals surface area contributed by atoms with Crippen molar-refractivity contribution in [1.82, 2.24) is 4.90 Å². The average Bonchev–Trinajstić information content (AvgIpc) is 3.50. The van der Waals surface area contributed by atoms with Crippen LogP contribution >= 0.6 is 11.6 Å². The molecular formula is C26H20ClN3O8. The van der Waals surface area contributed by atoms with Crippen molar-refractivity contribution >= 4 is 40.7 Å². The summed E-state index contributed by atoms with van der Waals surface area (Å²) < 4.78 is 15.9. The molecule has 3 aromatic rings. The maximum Gasteiger partial charge on any atom is 0.288 e. The summed E-state index contributed by atoms with van der Waals surface area (Å²) in [5.41, 5.74) is 0.439. The molecule has 3 aromatic carbocycles. The molecule has 194 valence electrons. The van der Waals surface area contributed by atoms with Gasteiger partial charge >= 0.3 is 0 Å². The zero-order valence-electron chi connectivity index (χ0n) is 20.0. The lowest BCUT2D eigenvalue weighted by Crippen LogP contribution is -2.45. The number of nitrogens with zero attached hydrogens (tertiary/aromatic N) is 3. The van der Waals surface area contributed by atoms with Crippen molar-refractivity contribution in [2.24, 2.45) is 0 Å². The van der Waals surface area contributed by atoms with Crippen LogP contribution in [0.4, 0.5) is 11.4 Å². The first-order chi connectivity index (χ1) is 18.3. The largest absolute Gasteiger partial charge is 0.497 e. The van der Waals surface area contributed by atoms with Crippen LogP contribution in [0.15, 0.2) is 60.7 Å². The van der Waals surface area contributed by atoms with Crippen LogP contribution in [0.25, 0.3) is 0 Å². The van der Waals surface area contributed by atoms with Crippen LogP contribution < -0.4 is 19.1 Å². The minimum absolute atomic E-state index is 0.0509. The Hall–Kier alpha value is -4.64. The molecule has 38 heavy (non-hydrogen) atoms. The van der Waals surface area contributed by atoms with Crippen molar-refractivity contribution in [3.05, 3.63) is 86.9 Å². The molecule has 1 unspecified atom stereocenters. The highest BCUT2D eigenvalue weighted by Gasteiger charge is 2.45. The molecule has 2 aliphatic heterocycles. The molecule has 12 heteroatoms. The number of halogens is 1. The van der Waals surface area contributed by atoms with E-state index in [1.54, 1.807) is 42.5 Å². The topological polar surface area (TPSA) is 129 Å². The Morgan fingerprint density at radius 1 is 1.11 bits per heavy atom. The number of rotatable bonds is 7. The summed E-state index contributed by atoms with van der Waals surface area (Å²) in [6.45, 7) is -0.0195. The van der Waals surface area contributed by atoms with Gasteiger partial charge in [0.1, 0.15) is 16.8 Å². The molecule has 0 aliphatic carbocycles. The van der Waals surface area contributed by atoms with Gasteiger partial charge < -0.3 is 19.1 Å². The van der Waals surface area contributed by atoms with E-state index >= 15 is 0 Å². The SMILES string of the molecule is COc1ccc(N2C(=O)CC(N(Cc3ccc4c(c3)OCO4)C(=O)c3ccc(Cl)c([N+](=O)[O-])c3)C2=O)cc1. The molecule has 0 bridgehead atoms. The van der Waals surface area contributed by atoms with E-state index in [-0.39, 0.29) is 30.3 Å². The predicted octanol–water partition coefficient (Wildman–Crippen LogP) is 3.96. The molecule has 0 saturated carbocycles. The summed E-state index contributed by atoms with van der Waals surface area (Å²) >= 11 is 5.93. The number of fused-ring (bicyclic) bond motifs is 1. The van der Waals surface area contributed by atoms with Crippen LogP contribution in [-0.4, -0.2) is 47.5 Å². The third-order valence-corrected chi connectivity index (χ3v) is 6.59. The molecule has 0 aromatic heterocycles. The van der Waals surface area contributed by atoms with Gasteiger partial charge in [-0.3, -0.25) is 24.5 Å². The Morgan fingerprint density at radius 2 is 1.84 bits per heavy atom. The standard InChI is InChI=1S/C26H20ClN3O8/c1-36-18-6-4-17(5-7-18)29-24(31)12-21(26(29)33)28(13-15-2-9-22-23(10-15)38-14-37-22)25(32)16-3-8-19(27)20(11-16)30(34)35/h2-11,21H,12-14H2,1H3. The van der Waals surface area contributed by atoms with Gasteiger partial charge in [0.25, 0.3) is 17.5 Å². The highest BCUT2D eigenvalue weighted by atomic mass is 35.5. The first-order valence-electron chi connectivity index (χ1n) is 11.4. The minimum atomic E-state index is -1.16. The normalized spacial score (nSPS) is 16.1. The van der Waals surface area contributed by atoms with Crippen molar-refractivity contribution in [2.75, 3.05) is 18.8 Å². The van der Waals surface area contributed by atoms with Crippen LogP contribution in [-0.2, 0) is 16.1 Å². The fourth-order valence-electron chi connectivity index (χ4n) is 4.37. The number of carbonyl (C=O) groups excluding carboxylic acids is 3. The molecule has 0 spiro atoms. The van der Waals surface area contributed by atoms with Crippen LogP contribution in [0.2, 0.25) is 5.02 Å². The highest BCUT2D eigenvalue weighted by Crippen LogP contribution is 2.35. The second-order valence-corrected chi connectivity index (χ2v) is 8.94. The van der Waals surface area contributed by atoms with Gasteiger partial charge in [-0.05, 0) is 54.1 Å². The van der Waals surface area contributed by atoms with Gasteiger partial charge in [-0.2, -0.15) is 0 Å². The number of hydrogen-bond acceptors (Lipinski definition) is 8. The summed E-state index contributed by atoms with van der Waals surface area (Å²) in [5, 5.41) is 11.3. The zero-order chi connectivity index (χ0) is 27.0. The fraction of sp³-hybridized carbons (Fsp3) is 0.192. The molecule has 1 fully saturated rings. The maximum atomic E-state index is 13.7. The van der Waals surface area contributed by atoms with Crippen molar-refractivity contribution in [2.45, 2.75) is 19.0 Å². The van der Waals surface area contributed by atoms with Crippen LogP contribution in [0.1, 0.15) is 22.3 Å². The monoisotopic (exact) mass is 537 g/mol. The van der Waals surface area contributed by atoms with E-state index in [0.29, 0.717) is 28.5 Å². The van der Waals surface area contributed by atoms with E-state index in [9.17, 15) is 24.5 Å². The van der Waals surface area contributed by atoms with E-state index in [1.165, 1.54) is 24.1 Å². The lowest BCUT2D eigenvalue weighted by molar-refractivity contribution is -0.384. The summed E-state index contributed by atoms with van der Waals surface area (Å²) in [4.78, 5) is 53.3. The molecule has 1 atom stereocenters. The molecule has 0 N–H and O–H groups in total. The summed E-state index contributed by atoms with van der Waals surface area (Å²) in [6.07, 6.45) is -0.267. The van der Waals surface area contributed by atoms with Crippen molar-refractivity contribution in [3.8, 4) is 17.2 Å². The van der Waals surface area contributed by atoms with Gasteiger partial charge in [0.05, 0.1) is 24.1 Å². The quantitative estimate of drug-likeness (QED) is 0.252. The maximum absolute atomic E-state index is 13.7. The Labute approximate surface area is 221 Å². The summed E-state index contributed by atoms with van der Waals surface area (Å²) in [6, 6.07) is 13.9. The lowest BCUT2D eigenvalue weighted by atomic mass is 10.1. The van der Waals surface area contributed by atoms with Crippen LogP contribution in [0, 0.1) is 10.1 Å². The van der Waals surface area contributed by atoms with E-state index in [0.717, 1.165) is 11.0 Å². The summed E-state index contributed by atoms with van der Waals surface area (Å²) in [5.74, 6) is -0.199. The number of imide groups is 1. The third kappa shape index (κ3) is 4.59. The smallest absolute Gasteiger partial charge is 0.288 e. The van der Waals surface area contributed by atoms with E-state index < -0.39 is 34.4 Å². The van der Waals surface area contributed by atoms with Gasteiger partial charge in [0.2, 0.25) is 12.7 Å².